The number of nitrogens with zero attached hydrogens (tertiary/aromatic N) is 2. The molecule has 22 heavy (non-hydrogen) atoms. The summed E-state index contributed by atoms with van der Waals surface area (Å²) >= 11 is 6.25. The van der Waals surface area contributed by atoms with Gasteiger partial charge in [-0.2, -0.15) is 0 Å². The van der Waals surface area contributed by atoms with Gasteiger partial charge in [0.15, 0.2) is 0 Å². The fraction of sp³-hybridized carbons (Fsp3) is 0.250. The smallest absolute Gasteiger partial charge is 0.308 e. The second kappa shape index (κ2) is 6.23. The molecule has 1 aliphatic rings. The highest BCUT2D eigenvalue weighted by molar-refractivity contribution is 6.33. The van der Waals surface area contributed by atoms with Gasteiger partial charge in [-0.05, 0) is 24.6 Å². The van der Waals surface area contributed by atoms with E-state index >= 15 is 0 Å². The maximum Gasteiger partial charge on any atom is 0.308 e. The maximum absolute atomic E-state index is 11.1. The van der Waals surface area contributed by atoms with Crippen molar-refractivity contribution in [1.29, 1.82) is 0 Å². The third-order valence-corrected chi connectivity index (χ3v) is 3.98. The van der Waals surface area contributed by atoms with Gasteiger partial charge in [0.1, 0.15) is 5.75 Å². The molecule has 0 saturated carbocycles. The zero-order chi connectivity index (χ0) is 15.5. The van der Waals surface area contributed by atoms with Crippen molar-refractivity contribution in [2.75, 3.05) is 18.0 Å². The predicted octanol–water partition coefficient (Wildman–Crippen LogP) is 3.44. The molecule has 1 saturated heterocycles. The molecule has 1 aliphatic heterocycles. The van der Waals surface area contributed by atoms with E-state index in [2.05, 4.69) is 4.98 Å². The normalized spacial score (nSPS) is 17.5. The SMILES string of the molecule is O=C(O)C1CCN(c2cc(Oc3ccccn3)ccc2Cl)C1. The van der Waals surface area contributed by atoms with E-state index in [9.17, 15) is 4.79 Å². The molecule has 0 aliphatic carbocycles. The van der Waals surface area contributed by atoms with Gasteiger partial charge in [-0.25, -0.2) is 4.98 Å². The maximum atomic E-state index is 11.1. The molecule has 0 spiro atoms. The summed E-state index contributed by atoms with van der Waals surface area (Å²) in [6, 6.07) is 10.8. The minimum atomic E-state index is -0.764. The second-order valence-electron chi connectivity index (χ2n) is 5.15. The van der Waals surface area contributed by atoms with Gasteiger partial charge < -0.3 is 14.7 Å². The molecule has 1 aromatic carbocycles. The van der Waals surface area contributed by atoms with E-state index in [4.69, 9.17) is 21.4 Å². The van der Waals surface area contributed by atoms with E-state index in [0.717, 1.165) is 5.69 Å². The van der Waals surface area contributed by atoms with Crippen LogP contribution in [-0.4, -0.2) is 29.1 Å². The van der Waals surface area contributed by atoms with Crippen molar-refractivity contribution in [2.24, 2.45) is 5.92 Å². The lowest BCUT2D eigenvalue weighted by Gasteiger charge is -2.20. The molecule has 1 fully saturated rings. The number of aliphatic carboxylic acids is 1. The van der Waals surface area contributed by atoms with Gasteiger partial charge in [-0.1, -0.05) is 17.7 Å². The number of hydrogen-bond acceptors (Lipinski definition) is 4. The molecule has 2 heterocycles. The largest absolute Gasteiger partial charge is 0.481 e. The number of carbonyl (C=O) groups is 1. The first-order valence-corrected chi connectivity index (χ1v) is 7.37. The molecule has 1 aromatic heterocycles. The molecule has 1 unspecified atom stereocenters. The summed E-state index contributed by atoms with van der Waals surface area (Å²) in [5, 5.41) is 9.69. The molecular formula is C16H15ClN2O3. The lowest BCUT2D eigenvalue weighted by Crippen LogP contribution is -2.22. The van der Waals surface area contributed by atoms with Crippen molar-refractivity contribution in [3.63, 3.8) is 0 Å². The Morgan fingerprint density at radius 3 is 2.91 bits per heavy atom. The Hall–Kier alpha value is -2.27. The summed E-state index contributed by atoms with van der Waals surface area (Å²) in [7, 11) is 0. The van der Waals surface area contributed by atoms with E-state index in [1.165, 1.54) is 0 Å². The van der Waals surface area contributed by atoms with Crippen LogP contribution in [0.1, 0.15) is 6.42 Å². The Morgan fingerprint density at radius 1 is 1.36 bits per heavy atom. The number of carboxylic acid groups (broad SMARTS) is 1. The molecule has 114 valence electrons. The molecule has 6 heteroatoms. The molecule has 0 radical (unpaired) electrons. The quantitative estimate of drug-likeness (QED) is 0.935. The third kappa shape index (κ3) is 3.14. The lowest BCUT2D eigenvalue weighted by molar-refractivity contribution is -0.140. The van der Waals surface area contributed by atoms with E-state index in [1.807, 2.05) is 23.1 Å². The fourth-order valence-corrected chi connectivity index (χ4v) is 2.74. The summed E-state index contributed by atoms with van der Waals surface area (Å²) in [6.07, 6.45) is 2.28. The molecule has 0 bridgehead atoms. The highest BCUT2D eigenvalue weighted by Gasteiger charge is 2.29. The standard InChI is InChI=1S/C16H15ClN2O3/c17-13-5-4-12(22-15-3-1-2-7-18-15)9-14(13)19-8-6-11(10-19)16(20)21/h1-5,7,9,11H,6,8,10H2,(H,20,21). The first kappa shape index (κ1) is 14.7. The van der Waals surface area contributed by atoms with Crippen molar-refractivity contribution in [3.05, 3.63) is 47.6 Å². The Kier molecular flexibility index (Phi) is 4.15. The molecule has 0 amide bonds. The van der Waals surface area contributed by atoms with Crippen LogP contribution in [0.15, 0.2) is 42.6 Å². The van der Waals surface area contributed by atoms with E-state index in [1.54, 1.807) is 24.4 Å². The number of ether oxygens (including phenoxy) is 1. The van der Waals surface area contributed by atoms with Crippen LogP contribution < -0.4 is 9.64 Å². The average Bonchev–Trinajstić information content (AvgIpc) is 3.00. The van der Waals surface area contributed by atoms with Gasteiger partial charge in [0, 0.05) is 31.4 Å². The van der Waals surface area contributed by atoms with E-state index < -0.39 is 5.97 Å². The van der Waals surface area contributed by atoms with Crippen LogP contribution in [0.2, 0.25) is 5.02 Å². The summed E-state index contributed by atoms with van der Waals surface area (Å²) in [5.41, 5.74) is 0.791. The Labute approximate surface area is 133 Å². The van der Waals surface area contributed by atoms with Gasteiger partial charge in [0.2, 0.25) is 5.88 Å². The van der Waals surface area contributed by atoms with E-state index in [0.29, 0.717) is 36.2 Å². The van der Waals surface area contributed by atoms with Gasteiger partial charge >= 0.3 is 5.97 Å². The summed E-state index contributed by atoms with van der Waals surface area (Å²) < 4.78 is 5.70. The zero-order valence-electron chi connectivity index (χ0n) is 11.8. The number of hydrogen-bond donors (Lipinski definition) is 1. The van der Waals surface area contributed by atoms with Crippen molar-refractivity contribution in [3.8, 4) is 11.6 Å². The van der Waals surface area contributed by atoms with Gasteiger partial charge in [0.05, 0.1) is 16.6 Å². The summed E-state index contributed by atoms with van der Waals surface area (Å²) in [6.45, 7) is 1.13. The van der Waals surface area contributed by atoms with Crippen molar-refractivity contribution in [2.45, 2.75) is 6.42 Å². The lowest BCUT2D eigenvalue weighted by atomic mass is 10.1. The number of carboxylic acids is 1. The second-order valence-corrected chi connectivity index (χ2v) is 5.56. The van der Waals surface area contributed by atoms with Crippen LogP contribution in [0.3, 0.4) is 0 Å². The minimum absolute atomic E-state index is 0.351. The van der Waals surface area contributed by atoms with Crippen LogP contribution in [0.5, 0.6) is 11.6 Å². The predicted molar refractivity (Wildman–Crippen MR) is 83.7 cm³/mol. The first-order valence-electron chi connectivity index (χ1n) is 6.99. The number of rotatable bonds is 4. The summed E-state index contributed by atoms with van der Waals surface area (Å²) in [4.78, 5) is 17.2. The van der Waals surface area contributed by atoms with Crippen LogP contribution in [0.4, 0.5) is 5.69 Å². The molecular weight excluding hydrogens is 304 g/mol. The van der Waals surface area contributed by atoms with Gasteiger partial charge in [-0.3, -0.25) is 4.79 Å². The average molecular weight is 319 g/mol. The van der Waals surface area contributed by atoms with Crippen LogP contribution in [-0.2, 0) is 4.79 Å². The molecule has 1 N–H and O–H groups in total. The number of benzene rings is 1. The minimum Gasteiger partial charge on any atom is -0.481 e. The first-order chi connectivity index (χ1) is 10.6. The van der Waals surface area contributed by atoms with Crippen molar-refractivity contribution in [1.82, 2.24) is 4.98 Å². The number of aromatic nitrogens is 1. The van der Waals surface area contributed by atoms with Crippen LogP contribution in [0.25, 0.3) is 0 Å². The van der Waals surface area contributed by atoms with Gasteiger partial charge in [-0.15, -0.1) is 0 Å². The highest BCUT2D eigenvalue weighted by Crippen LogP contribution is 2.34. The summed E-state index contributed by atoms with van der Waals surface area (Å²) in [5.74, 6) is 0.00780. The highest BCUT2D eigenvalue weighted by atomic mass is 35.5. The molecule has 2 aromatic rings. The Morgan fingerprint density at radius 2 is 2.23 bits per heavy atom. The monoisotopic (exact) mass is 318 g/mol. The number of anilines is 1. The Bertz CT molecular complexity index is 678. The van der Waals surface area contributed by atoms with Gasteiger partial charge in [0.25, 0.3) is 0 Å². The van der Waals surface area contributed by atoms with Crippen LogP contribution >= 0.6 is 11.6 Å². The number of pyridine rings is 1. The topological polar surface area (TPSA) is 62.7 Å². The molecule has 1 atom stereocenters. The van der Waals surface area contributed by atoms with E-state index in [-0.39, 0.29) is 5.92 Å². The number of halogens is 1. The zero-order valence-corrected chi connectivity index (χ0v) is 12.5. The van der Waals surface area contributed by atoms with Crippen molar-refractivity contribution < 1.29 is 14.6 Å². The fourth-order valence-electron chi connectivity index (χ4n) is 2.51. The van der Waals surface area contributed by atoms with Crippen molar-refractivity contribution >= 4 is 23.3 Å². The molecule has 5 nitrogen and oxygen atoms in total. The Balaban J connectivity index is 1.80. The third-order valence-electron chi connectivity index (χ3n) is 3.66. The molecule has 3 rings (SSSR count). The van der Waals surface area contributed by atoms with Crippen LogP contribution in [0, 0.1) is 5.92 Å².